The van der Waals surface area contributed by atoms with Crippen molar-refractivity contribution in [3.05, 3.63) is 29.6 Å². The third-order valence-electron chi connectivity index (χ3n) is 1.36. The molecule has 1 heterocycles. The van der Waals surface area contributed by atoms with Crippen molar-refractivity contribution in [1.82, 2.24) is 4.98 Å². The predicted molar refractivity (Wildman–Crippen MR) is 54.9 cm³/mol. The lowest BCUT2D eigenvalue weighted by Crippen LogP contribution is -2.07. The lowest BCUT2D eigenvalue weighted by molar-refractivity contribution is 0.101. The van der Waals surface area contributed by atoms with Crippen molar-refractivity contribution in [2.75, 3.05) is 0 Å². The Balaban J connectivity index is 2.96. The van der Waals surface area contributed by atoms with Gasteiger partial charge in [-0.2, -0.15) is 0 Å². The van der Waals surface area contributed by atoms with Crippen molar-refractivity contribution in [2.45, 2.75) is 10.7 Å². The Bertz CT molecular complexity index is 299. The van der Waals surface area contributed by atoms with Crippen LogP contribution in [0.4, 0.5) is 0 Å². The first-order valence-electron chi connectivity index (χ1n) is 3.35. The van der Waals surface area contributed by atoms with Crippen molar-refractivity contribution >= 4 is 37.6 Å². The summed E-state index contributed by atoms with van der Waals surface area (Å²) in [5, 5.41) is 0. The molecule has 2 nitrogen and oxygen atoms in total. The number of halogens is 2. The number of aryl methyl sites for hydroxylation is 1. The van der Waals surface area contributed by atoms with E-state index in [-0.39, 0.29) is 9.52 Å². The van der Waals surface area contributed by atoms with Gasteiger partial charge in [-0.3, -0.25) is 9.78 Å². The maximum atomic E-state index is 11.4. The minimum Gasteiger partial charge on any atom is -0.292 e. The van der Waals surface area contributed by atoms with Crippen LogP contribution < -0.4 is 0 Å². The molecule has 0 bridgehead atoms. The molecule has 0 atom stereocenters. The van der Waals surface area contributed by atoms with Crippen LogP contribution in [-0.2, 0) is 0 Å². The molecule has 0 aromatic carbocycles. The molecular formula is C8H7Br2NO. The molecule has 0 saturated heterocycles. The maximum Gasteiger partial charge on any atom is 0.188 e. The van der Waals surface area contributed by atoms with Crippen LogP contribution in [-0.4, -0.2) is 14.5 Å². The van der Waals surface area contributed by atoms with Crippen LogP contribution in [0.25, 0.3) is 0 Å². The zero-order chi connectivity index (χ0) is 9.14. The van der Waals surface area contributed by atoms with Crippen LogP contribution >= 0.6 is 31.9 Å². The van der Waals surface area contributed by atoms with Gasteiger partial charge < -0.3 is 0 Å². The number of alkyl halides is 2. The fourth-order valence-corrected chi connectivity index (χ4v) is 1.34. The van der Waals surface area contributed by atoms with E-state index in [4.69, 9.17) is 0 Å². The lowest BCUT2D eigenvalue weighted by atomic mass is 10.2. The van der Waals surface area contributed by atoms with Crippen LogP contribution in [0.1, 0.15) is 15.9 Å². The van der Waals surface area contributed by atoms with E-state index in [0.717, 1.165) is 5.56 Å². The third-order valence-corrected chi connectivity index (χ3v) is 2.19. The second-order valence-corrected chi connectivity index (χ2v) is 5.48. The molecule has 0 fully saturated rings. The molecular weight excluding hydrogens is 286 g/mol. The quantitative estimate of drug-likeness (QED) is 0.620. The Morgan fingerprint density at radius 1 is 1.50 bits per heavy atom. The summed E-state index contributed by atoms with van der Waals surface area (Å²) in [6.07, 6.45) is 3.28. The Kier molecular flexibility index (Phi) is 3.40. The molecule has 1 aromatic rings. The van der Waals surface area contributed by atoms with E-state index >= 15 is 0 Å². The summed E-state index contributed by atoms with van der Waals surface area (Å²) in [6.45, 7) is 1.90. The van der Waals surface area contributed by atoms with Gasteiger partial charge in [-0.15, -0.1) is 0 Å². The highest BCUT2D eigenvalue weighted by Gasteiger charge is 2.13. The highest BCUT2D eigenvalue weighted by Crippen LogP contribution is 2.15. The molecule has 64 valence electrons. The average Bonchev–Trinajstić information content (AvgIpc) is 2.03. The predicted octanol–water partition coefficient (Wildman–Crippen LogP) is 2.69. The molecule has 0 unspecified atom stereocenters. The first kappa shape index (κ1) is 9.86. The van der Waals surface area contributed by atoms with Crippen LogP contribution in [0, 0.1) is 6.92 Å². The average molecular weight is 293 g/mol. The van der Waals surface area contributed by atoms with Crippen molar-refractivity contribution in [3.8, 4) is 0 Å². The van der Waals surface area contributed by atoms with Gasteiger partial charge in [0.25, 0.3) is 0 Å². The smallest absolute Gasteiger partial charge is 0.188 e. The van der Waals surface area contributed by atoms with Crippen LogP contribution in [0.2, 0.25) is 0 Å². The van der Waals surface area contributed by atoms with E-state index in [0.29, 0.717) is 5.56 Å². The number of aromatic nitrogens is 1. The molecule has 4 heteroatoms. The van der Waals surface area contributed by atoms with E-state index in [9.17, 15) is 4.79 Å². The molecule has 1 rings (SSSR count). The van der Waals surface area contributed by atoms with Crippen LogP contribution in [0.15, 0.2) is 18.5 Å². The topological polar surface area (TPSA) is 30.0 Å². The van der Waals surface area contributed by atoms with Gasteiger partial charge in [0.15, 0.2) is 5.78 Å². The molecule has 0 saturated carbocycles. The number of carbonyl (C=O) groups excluding carboxylic acids is 1. The van der Waals surface area contributed by atoms with Gasteiger partial charge >= 0.3 is 0 Å². The molecule has 0 spiro atoms. The fraction of sp³-hybridized carbons (Fsp3) is 0.250. The van der Waals surface area contributed by atoms with Gasteiger partial charge in [0.2, 0.25) is 0 Å². The summed E-state index contributed by atoms with van der Waals surface area (Å²) in [5.41, 5.74) is 1.61. The molecule has 0 aliphatic rings. The number of Topliss-reactive ketones (excluding diaryl/α,β-unsaturated/α-hetero) is 1. The number of nitrogens with zero attached hydrogens (tertiary/aromatic N) is 1. The summed E-state index contributed by atoms with van der Waals surface area (Å²) >= 11 is 6.28. The number of hydrogen-bond acceptors (Lipinski definition) is 2. The Hall–Kier alpha value is -0.220. The standard InChI is InChI=1S/C8H7Br2NO/c1-5-2-6(4-11-3-5)7(12)8(9)10/h2-4,8H,1H3. The second-order valence-electron chi connectivity index (χ2n) is 2.42. The van der Waals surface area contributed by atoms with Gasteiger partial charge in [0, 0.05) is 18.0 Å². The molecule has 0 radical (unpaired) electrons. The van der Waals surface area contributed by atoms with E-state index < -0.39 is 0 Å². The highest BCUT2D eigenvalue weighted by molar-refractivity contribution is 9.25. The van der Waals surface area contributed by atoms with Crippen molar-refractivity contribution in [3.63, 3.8) is 0 Å². The number of pyridine rings is 1. The molecule has 12 heavy (non-hydrogen) atoms. The molecule has 0 aliphatic carbocycles. The van der Waals surface area contributed by atoms with E-state index in [1.807, 2.05) is 13.0 Å². The normalized spacial score (nSPS) is 10.3. The SMILES string of the molecule is Cc1cncc(C(=O)C(Br)Br)c1. The number of hydrogen-bond donors (Lipinski definition) is 0. The van der Waals surface area contributed by atoms with Gasteiger partial charge in [-0.05, 0) is 18.6 Å². The minimum atomic E-state index is -0.325. The largest absolute Gasteiger partial charge is 0.292 e. The summed E-state index contributed by atoms with van der Waals surface area (Å²) in [5.74, 6) is -0.00815. The van der Waals surface area contributed by atoms with Crippen LogP contribution in [0.3, 0.4) is 0 Å². The van der Waals surface area contributed by atoms with Gasteiger partial charge in [-0.1, -0.05) is 31.9 Å². The van der Waals surface area contributed by atoms with Gasteiger partial charge in [0.1, 0.15) is 3.74 Å². The summed E-state index contributed by atoms with van der Waals surface area (Å²) < 4.78 is -0.325. The fourth-order valence-electron chi connectivity index (χ4n) is 0.816. The molecule has 0 aliphatic heterocycles. The van der Waals surface area contributed by atoms with E-state index in [1.165, 1.54) is 0 Å². The highest BCUT2D eigenvalue weighted by atomic mass is 79.9. The van der Waals surface area contributed by atoms with Crippen molar-refractivity contribution in [1.29, 1.82) is 0 Å². The zero-order valence-electron chi connectivity index (χ0n) is 6.42. The van der Waals surface area contributed by atoms with E-state index in [1.54, 1.807) is 12.4 Å². The Morgan fingerprint density at radius 2 is 2.17 bits per heavy atom. The van der Waals surface area contributed by atoms with Crippen LogP contribution in [0.5, 0.6) is 0 Å². The maximum absolute atomic E-state index is 11.4. The summed E-state index contributed by atoms with van der Waals surface area (Å²) in [6, 6.07) is 1.81. The third kappa shape index (κ3) is 2.38. The molecule has 1 aromatic heterocycles. The van der Waals surface area contributed by atoms with Crippen molar-refractivity contribution < 1.29 is 4.79 Å². The second kappa shape index (κ2) is 4.14. The zero-order valence-corrected chi connectivity index (χ0v) is 9.59. The van der Waals surface area contributed by atoms with E-state index in [2.05, 4.69) is 36.8 Å². The lowest BCUT2D eigenvalue weighted by Gasteiger charge is -2.00. The first-order valence-corrected chi connectivity index (χ1v) is 5.18. The minimum absolute atomic E-state index is 0.00815. The number of rotatable bonds is 2. The number of ketones is 1. The van der Waals surface area contributed by atoms with Crippen molar-refractivity contribution in [2.24, 2.45) is 0 Å². The molecule has 0 amide bonds. The Morgan fingerprint density at radius 3 is 2.67 bits per heavy atom. The van der Waals surface area contributed by atoms with Gasteiger partial charge in [0.05, 0.1) is 0 Å². The first-order chi connectivity index (χ1) is 5.61. The van der Waals surface area contributed by atoms with Gasteiger partial charge in [-0.25, -0.2) is 0 Å². The molecule has 0 N–H and O–H groups in total. The Labute approximate surface area is 87.6 Å². The summed E-state index contributed by atoms with van der Waals surface area (Å²) in [4.78, 5) is 15.3. The monoisotopic (exact) mass is 291 g/mol. The summed E-state index contributed by atoms with van der Waals surface area (Å²) in [7, 11) is 0. The number of carbonyl (C=O) groups is 1.